The molecule has 2 aliphatic heterocycles. The third-order valence-electron chi connectivity index (χ3n) is 7.13. The van der Waals surface area contributed by atoms with Crippen molar-refractivity contribution in [3.8, 4) is 0 Å². The molecule has 2 saturated heterocycles. The second-order valence-electron chi connectivity index (χ2n) is 9.24. The normalized spacial score (nSPS) is 28.4. The molecule has 4 atom stereocenters. The first kappa shape index (κ1) is 22.1. The van der Waals surface area contributed by atoms with Crippen LogP contribution in [0.1, 0.15) is 92.9 Å². The van der Waals surface area contributed by atoms with Crippen LogP contribution >= 0.6 is 0 Å². The second kappa shape index (κ2) is 10.4. The number of carbonyl (C=O) groups excluding carboxylic acids is 1. The molecule has 1 amide bonds. The fourth-order valence-corrected chi connectivity index (χ4v) is 5.50. The van der Waals surface area contributed by atoms with E-state index in [0.29, 0.717) is 24.6 Å². The van der Waals surface area contributed by atoms with E-state index < -0.39 is 5.97 Å². The first-order valence-corrected chi connectivity index (χ1v) is 11.9. The molecule has 170 valence electrons. The van der Waals surface area contributed by atoms with Gasteiger partial charge in [-0.15, -0.1) is 0 Å². The Labute approximate surface area is 183 Å². The first-order chi connectivity index (χ1) is 15.1. The highest BCUT2D eigenvalue weighted by atomic mass is 16.5. The molecular formula is C24H34N2O5. The number of amides is 1. The third kappa shape index (κ3) is 5.56. The van der Waals surface area contributed by atoms with Gasteiger partial charge in [0.15, 0.2) is 5.69 Å². The van der Waals surface area contributed by atoms with E-state index in [0.717, 1.165) is 31.6 Å². The number of aliphatic carboxylic acids is 1. The average Bonchev–Trinajstić information content (AvgIpc) is 3.50. The van der Waals surface area contributed by atoms with Gasteiger partial charge in [-0.05, 0) is 38.0 Å². The number of hydrogen-bond acceptors (Lipinski definition) is 5. The summed E-state index contributed by atoms with van der Waals surface area (Å²) in [4.78, 5) is 27.7. The Hall–Kier alpha value is -2.15. The number of aromatic nitrogens is 1. The van der Waals surface area contributed by atoms with Crippen molar-refractivity contribution in [1.82, 2.24) is 10.3 Å². The van der Waals surface area contributed by atoms with Crippen LogP contribution in [0.4, 0.5) is 0 Å². The minimum atomic E-state index is -0.782. The SMILES string of the molecule is O=C(O)CCC=CC[C@@H]1[C@H](c2nc(C(=O)NCCC3CCCCC3)co2)[C@H]2CC[C@@H]1O2. The smallest absolute Gasteiger partial charge is 0.303 e. The number of carbonyl (C=O) groups is 2. The van der Waals surface area contributed by atoms with Gasteiger partial charge >= 0.3 is 5.97 Å². The summed E-state index contributed by atoms with van der Waals surface area (Å²) in [5.41, 5.74) is 0.345. The lowest BCUT2D eigenvalue weighted by atomic mass is 9.77. The molecule has 31 heavy (non-hydrogen) atoms. The van der Waals surface area contributed by atoms with Gasteiger partial charge in [0, 0.05) is 18.9 Å². The van der Waals surface area contributed by atoms with E-state index in [1.165, 1.54) is 38.4 Å². The van der Waals surface area contributed by atoms with Crippen molar-refractivity contribution in [2.24, 2.45) is 11.8 Å². The lowest BCUT2D eigenvalue weighted by Gasteiger charge is -2.24. The Morgan fingerprint density at radius 1 is 1.13 bits per heavy atom. The molecule has 1 aromatic rings. The van der Waals surface area contributed by atoms with Gasteiger partial charge in [0.25, 0.3) is 5.91 Å². The van der Waals surface area contributed by atoms with Gasteiger partial charge in [-0.3, -0.25) is 9.59 Å². The monoisotopic (exact) mass is 430 g/mol. The van der Waals surface area contributed by atoms with Crippen LogP contribution in [0.15, 0.2) is 22.8 Å². The highest BCUT2D eigenvalue weighted by Gasteiger charge is 2.51. The van der Waals surface area contributed by atoms with Crippen LogP contribution < -0.4 is 5.32 Å². The van der Waals surface area contributed by atoms with Gasteiger partial charge in [-0.1, -0.05) is 44.3 Å². The standard InChI is InChI=1S/C24H34N2O5/c27-21(28)10-6-2-5-9-17-19-11-12-20(31-19)22(17)24-26-18(15-30-24)23(29)25-14-13-16-7-3-1-4-8-16/h2,5,15-17,19-20,22H,1,3-4,6-14H2,(H,25,29)(H,27,28)/t17-,19-,20+,22-/m0/s1. The summed E-state index contributed by atoms with van der Waals surface area (Å²) in [6.07, 6.45) is 16.8. The van der Waals surface area contributed by atoms with Crippen molar-refractivity contribution in [1.29, 1.82) is 0 Å². The molecule has 7 heteroatoms. The Bertz CT molecular complexity index is 783. The Morgan fingerprint density at radius 2 is 1.94 bits per heavy atom. The predicted molar refractivity (Wildman–Crippen MR) is 115 cm³/mol. The van der Waals surface area contributed by atoms with Crippen molar-refractivity contribution in [3.63, 3.8) is 0 Å². The van der Waals surface area contributed by atoms with E-state index in [1.54, 1.807) is 0 Å². The van der Waals surface area contributed by atoms with Gasteiger partial charge in [-0.2, -0.15) is 0 Å². The second-order valence-corrected chi connectivity index (χ2v) is 9.24. The van der Waals surface area contributed by atoms with E-state index in [2.05, 4.69) is 10.3 Å². The summed E-state index contributed by atoms with van der Waals surface area (Å²) in [7, 11) is 0. The minimum Gasteiger partial charge on any atom is -0.481 e. The molecule has 3 fully saturated rings. The van der Waals surface area contributed by atoms with Crippen LogP contribution in [0.5, 0.6) is 0 Å². The fraction of sp³-hybridized carbons (Fsp3) is 0.708. The van der Waals surface area contributed by atoms with Crippen LogP contribution in [-0.4, -0.2) is 40.7 Å². The zero-order valence-corrected chi connectivity index (χ0v) is 18.1. The van der Waals surface area contributed by atoms with Gasteiger partial charge in [-0.25, -0.2) is 4.98 Å². The quantitative estimate of drug-likeness (QED) is 0.532. The Morgan fingerprint density at radius 3 is 2.74 bits per heavy atom. The van der Waals surface area contributed by atoms with Crippen molar-refractivity contribution >= 4 is 11.9 Å². The van der Waals surface area contributed by atoms with Crippen LogP contribution in [0.3, 0.4) is 0 Å². The summed E-state index contributed by atoms with van der Waals surface area (Å²) in [5, 5.41) is 11.8. The maximum Gasteiger partial charge on any atom is 0.303 e. The number of fused-ring (bicyclic) bond motifs is 2. The van der Waals surface area contributed by atoms with Gasteiger partial charge in [0.05, 0.1) is 18.1 Å². The zero-order chi connectivity index (χ0) is 21.6. The summed E-state index contributed by atoms with van der Waals surface area (Å²) in [5.74, 6) is 0.674. The van der Waals surface area contributed by atoms with Crippen LogP contribution in [0.25, 0.3) is 0 Å². The number of oxazole rings is 1. The highest BCUT2D eigenvalue weighted by molar-refractivity contribution is 5.91. The molecule has 3 heterocycles. The molecular weight excluding hydrogens is 396 g/mol. The molecule has 3 aliphatic rings. The maximum absolute atomic E-state index is 12.5. The molecule has 0 radical (unpaired) electrons. The van der Waals surface area contributed by atoms with E-state index in [1.807, 2.05) is 12.2 Å². The molecule has 2 bridgehead atoms. The molecule has 1 aliphatic carbocycles. The molecule has 2 N–H and O–H groups in total. The fourth-order valence-electron chi connectivity index (χ4n) is 5.50. The average molecular weight is 431 g/mol. The predicted octanol–water partition coefficient (Wildman–Crippen LogP) is 4.45. The summed E-state index contributed by atoms with van der Waals surface area (Å²) < 4.78 is 11.9. The summed E-state index contributed by atoms with van der Waals surface area (Å²) in [6, 6.07) is 0. The van der Waals surface area contributed by atoms with Crippen LogP contribution in [0.2, 0.25) is 0 Å². The summed E-state index contributed by atoms with van der Waals surface area (Å²) >= 11 is 0. The lowest BCUT2D eigenvalue weighted by molar-refractivity contribution is -0.136. The zero-order valence-electron chi connectivity index (χ0n) is 18.1. The molecule has 7 nitrogen and oxygen atoms in total. The van der Waals surface area contributed by atoms with Gasteiger partial charge in [0.1, 0.15) is 6.26 Å². The van der Waals surface area contributed by atoms with Crippen molar-refractivity contribution in [2.45, 2.75) is 88.8 Å². The molecule has 4 rings (SSSR count). The third-order valence-corrected chi connectivity index (χ3v) is 7.13. The van der Waals surface area contributed by atoms with Crippen molar-refractivity contribution in [3.05, 3.63) is 30.0 Å². The molecule has 0 unspecified atom stereocenters. The number of carboxylic acids is 1. The number of rotatable bonds is 10. The number of ether oxygens (including phenoxy) is 1. The van der Waals surface area contributed by atoms with Crippen LogP contribution in [0, 0.1) is 11.8 Å². The topological polar surface area (TPSA) is 102 Å². The maximum atomic E-state index is 12.5. The van der Waals surface area contributed by atoms with E-state index in [-0.39, 0.29) is 36.4 Å². The number of allylic oxidation sites excluding steroid dienone is 2. The highest BCUT2D eigenvalue weighted by Crippen LogP contribution is 2.50. The number of hydrogen-bond donors (Lipinski definition) is 2. The Kier molecular flexibility index (Phi) is 7.43. The van der Waals surface area contributed by atoms with E-state index in [9.17, 15) is 9.59 Å². The van der Waals surface area contributed by atoms with E-state index >= 15 is 0 Å². The number of nitrogens with one attached hydrogen (secondary N) is 1. The van der Waals surface area contributed by atoms with Crippen LogP contribution in [-0.2, 0) is 9.53 Å². The van der Waals surface area contributed by atoms with Crippen molar-refractivity contribution < 1.29 is 23.8 Å². The first-order valence-electron chi connectivity index (χ1n) is 11.9. The summed E-state index contributed by atoms with van der Waals surface area (Å²) in [6.45, 7) is 0.687. The Balaban J connectivity index is 1.30. The minimum absolute atomic E-state index is 0.0478. The molecule has 0 aromatic carbocycles. The molecule has 1 aromatic heterocycles. The van der Waals surface area contributed by atoms with Gasteiger partial charge in [0.2, 0.25) is 5.89 Å². The van der Waals surface area contributed by atoms with Crippen molar-refractivity contribution in [2.75, 3.05) is 6.54 Å². The largest absolute Gasteiger partial charge is 0.481 e. The molecule has 0 spiro atoms. The number of nitrogens with zero attached hydrogens (tertiary/aromatic N) is 1. The number of carboxylic acid groups (broad SMARTS) is 1. The van der Waals surface area contributed by atoms with E-state index in [4.69, 9.17) is 14.3 Å². The lowest BCUT2D eigenvalue weighted by Crippen LogP contribution is -2.27. The van der Waals surface area contributed by atoms with Gasteiger partial charge < -0.3 is 19.6 Å². The molecule has 1 saturated carbocycles.